The Morgan fingerprint density at radius 2 is 1.94 bits per heavy atom. The average molecular weight is 299 g/mol. The molecule has 3 heteroatoms. The highest BCUT2D eigenvalue weighted by molar-refractivity contribution is 9.10. The minimum Gasteiger partial charge on any atom is -0.374 e. The van der Waals surface area contributed by atoms with Crippen LogP contribution >= 0.6 is 15.9 Å². The molecule has 0 heterocycles. The number of benzene rings is 1. The topological polar surface area (TPSA) is 29.3 Å². The van der Waals surface area contributed by atoms with E-state index in [1.54, 1.807) is 0 Å². The van der Waals surface area contributed by atoms with Gasteiger partial charge in [-0.05, 0) is 30.0 Å². The van der Waals surface area contributed by atoms with Gasteiger partial charge in [0.15, 0.2) is 0 Å². The van der Waals surface area contributed by atoms with Crippen LogP contribution in [-0.2, 0) is 0 Å². The summed E-state index contributed by atoms with van der Waals surface area (Å²) in [7, 11) is 2.12. The summed E-state index contributed by atoms with van der Waals surface area (Å²) >= 11 is 3.53. The summed E-state index contributed by atoms with van der Waals surface area (Å²) < 4.78 is 1.10. The molecule has 1 aromatic rings. The molecule has 0 aliphatic carbocycles. The molecular weight excluding hydrogens is 276 g/mol. The zero-order valence-electron chi connectivity index (χ0n) is 11.4. The molecular formula is C14H23BrN2. The van der Waals surface area contributed by atoms with Gasteiger partial charge in [0.25, 0.3) is 0 Å². The fourth-order valence-electron chi connectivity index (χ4n) is 2.03. The highest BCUT2D eigenvalue weighted by atomic mass is 79.9. The number of rotatable bonds is 3. The Morgan fingerprint density at radius 3 is 2.41 bits per heavy atom. The van der Waals surface area contributed by atoms with E-state index in [0.29, 0.717) is 0 Å². The third-order valence-corrected chi connectivity index (χ3v) is 3.10. The quantitative estimate of drug-likeness (QED) is 0.915. The Hall–Kier alpha value is -0.540. The second-order valence-electron chi connectivity index (χ2n) is 5.91. The lowest BCUT2D eigenvalue weighted by Crippen LogP contribution is -2.30. The number of hydrogen-bond donors (Lipinski definition) is 1. The van der Waals surface area contributed by atoms with Gasteiger partial charge in [0.2, 0.25) is 0 Å². The van der Waals surface area contributed by atoms with E-state index in [-0.39, 0.29) is 11.5 Å². The third kappa shape index (κ3) is 4.32. The molecule has 0 aliphatic heterocycles. The first-order chi connectivity index (χ1) is 7.70. The molecule has 2 N–H and O–H groups in total. The standard InChI is InChI=1S/C14H23BrN2/c1-10(16)12-7-6-11(15)8-13(12)17(5)9-14(2,3)4/h6-8,10H,9,16H2,1-5H3. The van der Waals surface area contributed by atoms with Crippen LogP contribution in [0.4, 0.5) is 5.69 Å². The lowest BCUT2D eigenvalue weighted by molar-refractivity contribution is 0.418. The minimum absolute atomic E-state index is 0.0560. The van der Waals surface area contributed by atoms with Crippen LogP contribution in [0.5, 0.6) is 0 Å². The van der Waals surface area contributed by atoms with Gasteiger partial charge in [-0.3, -0.25) is 0 Å². The molecule has 0 saturated heterocycles. The molecule has 1 unspecified atom stereocenters. The summed E-state index contributed by atoms with van der Waals surface area (Å²) in [6.45, 7) is 9.76. The monoisotopic (exact) mass is 298 g/mol. The zero-order valence-corrected chi connectivity index (χ0v) is 13.0. The van der Waals surface area contributed by atoms with Gasteiger partial charge < -0.3 is 10.6 Å². The summed E-state index contributed by atoms with van der Waals surface area (Å²) in [5.41, 5.74) is 8.70. The van der Waals surface area contributed by atoms with Crippen molar-refractivity contribution in [3.05, 3.63) is 28.2 Å². The molecule has 17 heavy (non-hydrogen) atoms. The van der Waals surface area contributed by atoms with Gasteiger partial charge in [0.05, 0.1) is 0 Å². The van der Waals surface area contributed by atoms with Crippen LogP contribution in [0.1, 0.15) is 39.3 Å². The van der Waals surface area contributed by atoms with Crippen LogP contribution in [0, 0.1) is 5.41 Å². The normalized spacial score (nSPS) is 13.6. The molecule has 0 fully saturated rings. The van der Waals surface area contributed by atoms with E-state index < -0.39 is 0 Å². The number of halogens is 1. The van der Waals surface area contributed by atoms with Gasteiger partial charge in [-0.1, -0.05) is 42.8 Å². The van der Waals surface area contributed by atoms with Gasteiger partial charge in [-0.2, -0.15) is 0 Å². The molecule has 0 aromatic heterocycles. The van der Waals surface area contributed by atoms with Crippen LogP contribution < -0.4 is 10.6 Å². The van der Waals surface area contributed by atoms with Crippen molar-refractivity contribution < 1.29 is 0 Å². The van der Waals surface area contributed by atoms with Gasteiger partial charge in [0.1, 0.15) is 0 Å². The van der Waals surface area contributed by atoms with Crippen molar-refractivity contribution >= 4 is 21.6 Å². The molecule has 0 radical (unpaired) electrons. The van der Waals surface area contributed by atoms with Gasteiger partial charge in [0, 0.05) is 29.8 Å². The fraction of sp³-hybridized carbons (Fsp3) is 0.571. The van der Waals surface area contributed by atoms with Crippen molar-refractivity contribution in [1.29, 1.82) is 0 Å². The van der Waals surface area contributed by atoms with E-state index in [4.69, 9.17) is 5.73 Å². The van der Waals surface area contributed by atoms with Crippen LogP contribution in [0.2, 0.25) is 0 Å². The number of nitrogens with two attached hydrogens (primary N) is 1. The first-order valence-corrected chi connectivity index (χ1v) is 6.76. The van der Waals surface area contributed by atoms with Crippen molar-refractivity contribution in [1.82, 2.24) is 0 Å². The van der Waals surface area contributed by atoms with Crippen LogP contribution in [0.15, 0.2) is 22.7 Å². The summed E-state index contributed by atoms with van der Waals surface area (Å²) in [5.74, 6) is 0. The molecule has 0 saturated carbocycles. The van der Waals surface area contributed by atoms with Crippen molar-refractivity contribution in [2.24, 2.45) is 11.1 Å². The predicted octanol–water partition coefficient (Wildman–Crippen LogP) is 3.95. The van der Waals surface area contributed by atoms with Crippen molar-refractivity contribution in [3.63, 3.8) is 0 Å². The molecule has 96 valence electrons. The molecule has 0 amide bonds. The van der Waals surface area contributed by atoms with Crippen molar-refractivity contribution in [2.45, 2.75) is 33.7 Å². The smallest absolute Gasteiger partial charge is 0.0423 e. The van der Waals surface area contributed by atoms with E-state index >= 15 is 0 Å². The maximum atomic E-state index is 6.02. The summed E-state index contributed by atoms with van der Waals surface area (Å²) in [4.78, 5) is 2.28. The van der Waals surface area contributed by atoms with Gasteiger partial charge >= 0.3 is 0 Å². The van der Waals surface area contributed by atoms with E-state index in [0.717, 1.165) is 11.0 Å². The maximum absolute atomic E-state index is 6.02. The largest absolute Gasteiger partial charge is 0.374 e. The van der Waals surface area contributed by atoms with Crippen molar-refractivity contribution in [2.75, 3.05) is 18.5 Å². The second-order valence-corrected chi connectivity index (χ2v) is 6.82. The fourth-order valence-corrected chi connectivity index (χ4v) is 2.38. The number of anilines is 1. The maximum Gasteiger partial charge on any atom is 0.0423 e. The SMILES string of the molecule is CC(N)c1ccc(Br)cc1N(C)CC(C)(C)C. The molecule has 0 bridgehead atoms. The Bertz CT molecular complexity index is 380. The van der Waals surface area contributed by atoms with E-state index in [1.165, 1.54) is 11.3 Å². The second kappa shape index (κ2) is 5.40. The van der Waals surface area contributed by atoms with Crippen LogP contribution in [0.3, 0.4) is 0 Å². The van der Waals surface area contributed by atoms with Crippen LogP contribution in [-0.4, -0.2) is 13.6 Å². The highest BCUT2D eigenvalue weighted by Crippen LogP contribution is 2.30. The zero-order chi connectivity index (χ0) is 13.2. The Labute approximate surface area is 113 Å². The molecule has 0 spiro atoms. The Morgan fingerprint density at radius 1 is 1.35 bits per heavy atom. The predicted molar refractivity (Wildman–Crippen MR) is 79.5 cm³/mol. The lowest BCUT2D eigenvalue weighted by atomic mass is 9.95. The first-order valence-electron chi connectivity index (χ1n) is 5.97. The summed E-state index contributed by atoms with van der Waals surface area (Å²) in [5, 5.41) is 0. The number of hydrogen-bond acceptors (Lipinski definition) is 2. The molecule has 1 aromatic carbocycles. The molecule has 2 nitrogen and oxygen atoms in total. The Balaban J connectivity index is 3.06. The minimum atomic E-state index is 0.0560. The van der Waals surface area contributed by atoms with Crippen molar-refractivity contribution in [3.8, 4) is 0 Å². The molecule has 1 rings (SSSR count). The Kier molecular flexibility index (Phi) is 4.62. The van der Waals surface area contributed by atoms with Crippen LogP contribution in [0.25, 0.3) is 0 Å². The summed E-state index contributed by atoms with van der Waals surface area (Å²) in [6, 6.07) is 6.35. The van der Waals surface area contributed by atoms with E-state index in [2.05, 4.69) is 60.8 Å². The number of nitrogens with zero attached hydrogens (tertiary/aromatic N) is 1. The third-order valence-electron chi connectivity index (χ3n) is 2.61. The van der Waals surface area contributed by atoms with Gasteiger partial charge in [-0.15, -0.1) is 0 Å². The molecule has 0 aliphatic rings. The van der Waals surface area contributed by atoms with E-state index in [1.807, 2.05) is 13.0 Å². The van der Waals surface area contributed by atoms with E-state index in [9.17, 15) is 0 Å². The highest BCUT2D eigenvalue weighted by Gasteiger charge is 2.17. The average Bonchev–Trinajstić information content (AvgIpc) is 2.14. The van der Waals surface area contributed by atoms with Gasteiger partial charge in [-0.25, -0.2) is 0 Å². The summed E-state index contributed by atoms with van der Waals surface area (Å²) in [6.07, 6.45) is 0. The lowest BCUT2D eigenvalue weighted by Gasteiger charge is -2.30. The molecule has 1 atom stereocenters. The first kappa shape index (κ1) is 14.5.